The number of imidazole rings is 1. The van der Waals surface area contributed by atoms with Crippen LogP contribution in [-0.2, 0) is 16.6 Å². The molecule has 0 aliphatic heterocycles. The first-order valence-corrected chi connectivity index (χ1v) is 6.74. The van der Waals surface area contributed by atoms with Crippen molar-refractivity contribution >= 4 is 10.0 Å². The zero-order valence-electron chi connectivity index (χ0n) is 10.3. The molecule has 98 valence electrons. The largest absolute Gasteiger partial charge is 0.361 e. The lowest BCUT2D eigenvalue weighted by atomic mass is 10.4. The topological polar surface area (TPSA) is 92.1 Å². The Morgan fingerprint density at radius 2 is 2.17 bits per heavy atom. The van der Waals surface area contributed by atoms with Crippen molar-refractivity contribution in [3.05, 3.63) is 29.5 Å². The van der Waals surface area contributed by atoms with Gasteiger partial charge in [-0.3, -0.25) is 0 Å². The molecule has 2 heterocycles. The molecule has 2 rings (SSSR count). The quantitative estimate of drug-likeness (QED) is 0.888. The highest BCUT2D eigenvalue weighted by molar-refractivity contribution is 7.89. The minimum Gasteiger partial charge on any atom is -0.361 e. The van der Waals surface area contributed by atoms with Gasteiger partial charge in [-0.1, -0.05) is 5.16 Å². The lowest BCUT2D eigenvalue weighted by Gasteiger charge is -2.13. The normalized spacial score (nSPS) is 12.2. The zero-order chi connectivity index (χ0) is 13.3. The van der Waals surface area contributed by atoms with E-state index in [4.69, 9.17) is 4.52 Å². The lowest BCUT2D eigenvalue weighted by Crippen LogP contribution is -2.26. The van der Waals surface area contributed by atoms with E-state index in [0.29, 0.717) is 17.3 Å². The third-order valence-electron chi connectivity index (χ3n) is 2.43. The maximum absolute atomic E-state index is 12.2. The Morgan fingerprint density at radius 1 is 1.44 bits per heavy atom. The van der Waals surface area contributed by atoms with Gasteiger partial charge in [-0.15, -0.1) is 0 Å². The molecule has 0 aromatic carbocycles. The summed E-state index contributed by atoms with van der Waals surface area (Å²) < 4.78 is 30.4. The molecule has 0 atom stereocenters. The second-order valence-corrected chi connectivity index (χ2v) is 6.04. The molecule has 0 saturated carbocycles. The molecule has 0 spiro atoms. The molecule has 8 heteroatoms. The molecule has 0 bridgehead atoms. The van der Waals surface area contributed by atoms with Gasteiger partial charge in [-0.2, -0.15) is 4.31 Å². The maximum Gasteiger partial charge on any atom is 0.260 e. The number of H-pyrrole nitrogens is 1. The average molecular weight is 270 g/mol. The molecular formula is C10H14N4O3S. The number of sulfonamides is 1. The summed E-state index contributed by atoms with van der Waals surface area (Å²) in [5, 5.41) is 3.83. The van der Waals surface area contributed by atoms with Crippen LogP contribution in [0, 0.1) is 13.8 Å². The van der Waals surface area contributed by atoms with Crippen molar-refractivity contribution in [2.75, 3.05) is 7.05 Å². The van der Waals surface area contributed by atoms with Gasteiger partial charge in [-0.25, -0.2) is 13.4 Å². The molecule has 0 amide bonds. The van der Waals surface area contributed by atoms with E-state index < -0.39 is 10.0 Å². The highest BCUT2D eigenvalue weighted by atomic mass is 32.2. The van der Waals surface area contributed by atoms with Crippen molar-refractivity contribution in [3.8, 4) is 0 Å². The predicted molar refractivity (Wildman–Crippen MR) is 63.2 cm³/mol. The van der Waals surface area contributed by atoms with Crippen LogP contribution in [0.4, 0.5) is 0 Å². The molecule has 2 aromatic heterocycles. The third-order valence-corrected chi connectivity index (χ3v) is 4.14. The summed E-state index contributed by atoms with van der Waals surface area (Å²) in [4.78, 5) is 6.58. The molecule has 0 aliphatic rings. The number of nitrogens with zero attached hydrogens (tertiary/aromatic N) is 3. The van der Waals surface area contributed by atoms with Gasteiger partial charge < -0.3 is 9.51 Å². The highest BCUT2D eigenvalue weighted by Gasteiger charge is 2.23. The van der Waals surface area contributed by atoms with Crippen molar-refractivity contribution in [2.45, 2.75) is 25.4 Å². The van der Waals surface area contributed by atoms with Gasteiger partial charge in [0.05, 0.1) is 18.4 Å². The van der Waals surface area contributed by atoms with E-state index in [1.165, 1.54) is 17.5 Å². The second-order valence-electron chi connectivity index (χ2n) is 4.02. The van der Waals surface area contributed by atoms with E-state index in [1.807, 2.05) is 0 Å². The number of aromatic amines is 1. The van der Waals surface area contributed by atoms with Crippen LogP contribution in [0.2, 0.25) is 0 Å². The van der Waals surface area contributed by atoms with E-state index in [2.05, 4.69) is 15.1 Å². The summed E-state index contributed by atoms with van der Waals surface area (Å²) in [6, 6.07) is 1.70. The monoisotopic (exact) mass is 270 g/mol. The number of rotatable bonds is 4. The molecule has 0 unspecified atom stereocenters. The Hall–Kier alpha value is -1.67. The van der Waals surface area contributed by atoms with Gasteiger partial charge in [0, 0.05) is 13.1 Å². The highest BCUT2D eigenvalue weighted by Crippen LogP contribution is 2.14. The van der Waals surface area contributed by atoms with Gasteiger partial charge >= 0.3 is 0 Å². The molecule has 0 saturated heterocycles. The third kappa shape index (κ3) is 2.44. The molecule has 0 fully saturated rings. The Morgan fingerprint density at radius 3 is 2.67 bits per heavy atom. The molecule has 0 radical (unpaired) electrons. The Balaban J connectivity index is 2.20. The van der Waals surface area contributed by atoms with Gasteiger partial charge in [0.2, 0.25) is 0 Å². The predicted octanol–water partition coefficient (Wildman–Crippen LogP) is 0.835. The fraction of sp³-hybridized carbons (Fsp3) is 0.400. The summed E-state index contributed by atoms with van der Waals surface area (Å²) in [5.74, 6) is 1.20. The summed E-state index contributed by atoms with van der Waals surface area (Å²) >= 11 is 0. The lowest BCUT2D eigenvalue weighted by molar-refractivity contribution is 0.378. The van der Waals surface area contributed by atoms with Crippen LogP contribution in [0.25, 0.3) is 0 Å². The van der Waals surface area contributed by atoms with E-state index in [1.54, 1.807) is 19.9 Å². The van der Waals surface area contributed by atoms with E-state index in [9.17, 15) is 8.42 Å². The van der Waals surface area contributed by atoms with Crippen LogP contribution in [0.15, 0.2) is 21.8 Å². The van der Waals surface area contributed by atoms with Crippen LogP contribution in [-0.4, -0.2) is 34.9 Å². The zero-order valence-corrected chi connectivity index (χ0v) is 11.2. The first kappa shape index (κ1) is 12.8. The smallest absolute Gasteiger partial charge is 0.260 e. The van der Waals surface area contributed by atoms with Crippen LogP contribution >= 0.6 is 0 Å². The number of nitrogens with one attached hydrogen (secondary N) is 1. The van der Waals surface area contributed by atoms with Gasteiger partial charge in [0.1, 0.15) is 11.6 Å². The first-order valence-electron chi connectivity index (χ1n) is 5.30. The Bertz CT molecular complexity index is 644. The van der Waals surface area contributed by atoms with Crippen LogP contribution in [0.5, 0.6) is 0 Å². The van der Waals surface area contributed by atoms with E-state index in [0.717, 1.165) is 0 Å². The first-order chi connectivity index (χ1) is 8.39. The van der Waals surface area contributed by atoms with Crippen LogP contribution < -0.4 is 0 Å². The van der Waals surface area contributed by atoms with E-state index >= 15 is 0 Å². The minimum absolute atomic E-state index is 0.0720. The molecule has 2 aromatic rings. The van der Waals surface area contributed by atoms with Gasteiger partial charge in [0.25, 0.3) is 10.0 Å². The molecule has 7 nitrogen and oxygen atoms in total. The summed E-state index contributed by atoms with van der Waals surface area (Å²) in [6.45, 7) is 3.60. The minimum atomic E-state index is -3.57. The van der Waals surface area contributed by atoms with Crippen LogP contribution in [0.3, 0.4) is 0 Å². The number of hydrogen-bond donors (Lipinski definition) is 1. The van der Waals surface area contributed by atoms with E-state index in [-0.39, 0.29) is 11.6 Å². The second kappa shape index (κ2) is 4.54. The van der Waals surface area contributed by atoms with Crippen molar-refractivity contribution in [3.63, 3.8) is 0 Å². The van der Waals surface area contributed by atoms with Crippen molar-refractivity contribution in [1.29, 1.82) is 0 Å². The van der Waals surface area contributed by atoms with Crippen molar-refractivity contribution in [2.24, 2.45) is 0 Å². The maximum atomic E-state index is 12.2. The van der Waals surface area contributed by atoms with Gasteiger partial charge in [-0.05, 0) is 13.8 Å². The van der Waals surface area contributed by atoms with Crippen molar-refractivity contribution in [1.82, 2.24) is 19.4 Å². The SMILES string of the molecule is Cc1ncc(S(=O)(=O)N(C)Cc2cc(C)on2)[nH]1. The number of aryl methyl sites for hydroxylation is 2. The summed E-state index contributed by atoms with van der Waals surface area (Å²) in [7, 11) is -2.09. The Kier molecular flexibility index (Phi) is 3.22. The standard InChI is InChI=1S/C10H14N4O3S/c1-7-4-9(13-17-7)6-14(3)18(15,16)10-5-11-8(2)12-10/h4-5H,6H2,1-3H3,(H,11,12). The number of hydrogen-bond acceptors (Lipinski definition) is 5. The number of aromatic nitrogens is 3. The van der Waals surface area contributed by atoms with Gasteiger partial charge in [0.15, 0.2) is 5.03 Å². The molecule has 18 heavy (non-hydrogen) atoms. The Labute approximate surface area is 105 Å². The fourth-order valence-corrected chi connectivity index (χ4v) is 2.60. The van der Waals surface area contributed by atoms with Crippen molar-refractivity contribution < 1.29 is 12.9 Å². The fourth-order valence-electron chi connectivity index (χ4n) is 1.50. The summed E-state index contributed by atoms with van der Waals surface area (Å²) in [5.41, 5.74) is 0.565. The molecule has 1 N–H and O–H groups in total. The summed E-state index contributed by atoms with van der Waals surface area (Å²) in [6.07, 6.45) is 1.30. The molecule has 0 aliphatic carbocycles. The molecular weight excluding hydrogens is 256 g/mol. The van der Waals surface area contributed by atoms with Crippen LogP contribution in [0.1, 0.15) is 17.3 Å². The average Bonchev–Trinajstić information content (AvgIpc) is 2.88.